The highest BCUT2D eigenvalue weighted by atomic mass is 16.5. The fraction of sp³-hybridized carbons (Fsp3) is 0.571. The predicted molar refractivity (Wildman–Crippen MR) is 73.8 cm³/mol. The molecule has 2 N–H and O–H groups in total. The van der Waals surface area contributed by atoms with Crippen molar-refractivity contribution in [3.8, 4) is 5.75 Å². The van der Waals surface area contributed by atoms with Crippen LogP contribution in [-0.4, -0.2) is 27.2 Å². The van der Waals surface area contributed by atoms with Crippen LogP contribution in [0.3, 0.4) is 0 Å². The highest BCUT2D eigenvalue weighted by molar-refractivity contribution is 5.52. The molecule has 1 unspecified atom stereocenters. The molecular weight excluding hydrogens is 212 g/mol. The molecular formula is C14H24N2O. The van der Waals surface area contributed by atoms with E-state index in [4.69, 9.17) is 10.5 Å². The van der Waals surface area contributed by atoms with E-state index in [-0.39, 0.29) is 0 Å². The fourth-order valence-corrected chi connectivity index (χ4v) is 2.05. The molecule has 0 fully saturated rings. The van der Waals surface area contributed by atoms with Gasteiger partial charge in [0.05, 0.1) is 7.11 Å². The zero-order valence-electron chi connectivity index (χ0n) is 11.4. The van der Waals surface area contributed by atoms with Crippen LogP contribution in [-0.2, 0) is 0 Å². The standard InChI is InChI=1S/C14H24N2O/c1-11(7-8-15)10-16(3)13-5-6-14(17-4)12(2)9-13/h5-6,9,11H,7-8,10,15H2,1-4H3. The Morgan fingerprint density at radius 2 is 2.12 bits per heavy atom. The molecule has 0 radical (unpaired) electrons. The zero-order valence-corrected chi connectivity index (χ0v) is 11.4. The topological polar surface area (TPSA) is 38.5 Å². The summed E-state index contributed by atoms with van der Waals surface area (Å²) in [4.78, 5) is 2.27. The molecule has 1 rings (SSSR count). The molecule has 0 amide bonds. The summed E-state index contributed by atoms with van der Waals surface area (Å²) < 4.78 is 5.26. The van der Waals surface area contributed by atoms with Crippen LogP contribution in [0, 0.1) is 12.8 Å². The van der Waals surface area contributed by atoms with Gasteiger partial charge in [-0.2, -0.15) is 0 Å². The van der Waals surface area contributed by atoms with Crippen LogP contribution in [0.4, 0.5) is 5.69 Å². The Kier molecular flexibility index (Phi) is 5.29. The van der Waals surface area contributed by atoms with Crippen molar-refractivity contribution in [2.24, 2.45) is 11.7 Å². The second kappa shape index (κ2) is 6.50. The van der Waals surface area contributed by atoms with Gasteiger partial charge in [0.1, 0.15) is 5.75 Å². The number of ether oxygens (including phenoxy) is 1. The summed E-state index contributed by atoms with van der Waals surface area (Å²) in [6.45, 7) is 6.10. The van der Waals surface area contributed by atoms with Crippen molar-refractivity contribution >= 4 is 5.69 Å². The van der Waals surface area contributed by atoms with E-state index in [9.17, 15) is 0 Å². The molecule has 1 aromatic rings. The highest BCUT2D eigenvalue weighted by Gasteiger charge is 2.08. The lowest BCUT2D eigenvalue weighted by Gasteiger charge is -2.24. The number of benzene rings is 1. The van der Waals surface area contributed by atoms with Crippen LogP contribution in [0.5, 0.6) is 5.75 Å². The van der Waals surface area contributed by atoms with Crippen LogP contribution in [0.25, 0.3) is 0 Å². The number of anilines is 1. The zero-order chi connectivity index (χ0) is 12.8. The van der Waals surface area contributed by atoms with Crippen molar-refractivity contribution in [2.75, 3.05) is 32.1 Å². The molecule has 0 aliphatic carbocycles. The maximum Gasteiger partial charge on any atom is 0.121 e. The van der Waals surface area contributed by atoms with Crippen molar-refractivity contribution < 1.29 is 4.74 Å². The van der Waals surface area contributed by atoms with Gasteiger partial charge in [-0.15, -0.1) is 0 Å². The quantitative estimate of drug-likeness (QED) is 0.824. The number of nitrogens with two attached hydrogens (primary N) is 1. The second-order valence-corrected chi connectivity index (χ2v) is 4.72. The molecule has 1 atom stereocenters. The lowest BCUT2D eigenvalue weighted by atomic mass is 10.1. The monoisotopic (exact) mass is 236 g/mol. The molecule has 0 aromatic heterocycles. The van der Waals surface area contributed by atoms with Crippen LogP contribution < -0.4 is 15.4 Å². The van der Waals surface area contributed by atoms with Gasteiger partial charge in [-0.25, -0.2) is 0 Å². The molecule has 0 aliphatic heterocycles. The average molecular weight is 236 g/mol. The lowest BCUT2D eigenvalue weighted by molar-refractivity contribution is 0.411. The van der Waals surface area contributed by atoms with Gasteiger partial charge in [0.25, 0.3) is 0 Å². The Labute approximate surface area is 105 Å². The third-order valence-corrected chi connectivity index (χ3v) is 3.06. The molecule has 0 heterocycles. The number of aryl methyl sites for hydroxylation is 1. The maximum absolute atomic E-state index is 5.57. The number of methoxy groups -OCH3 is 1. The van der Waals surface area contributed by atoms with Gasteiger partial charge in [0, 0.05) is 19.3 Å². The van der Waals surface area contributed by atoms with E-state index in [1.165, 1.54) is 11.3 Å². The first-order valence-corrected chi connectivity index (χ1v) is 6.14. The van der Waals surface area contributed by atoms with Crippen molar-refractivity contribution in [1.82, 2.24) is 0 Å². The second-order valence-electron chi connectivity index (χ2n) is 4.72. The molecule has 0 saturated carbocycles. The number of rotatable bonds is 6. The smallest absolute Gasteiger partial charge is 0.121 e. The predicted octanol–water partition coefficient (Wildman–Crippen LogP) is 2.42. The normalized spacial score (nSPS) is 12.3. The molecule has 17 heavy (non-hydrogen) atoms. The van der Waals surface area contributed by atoms with E-state index in [2.05, 4.69) is 37.9 Å². The van der Waals surface area contributed by atoms with Gasteiger partial charge in [-0.05, 0) is 49.6 Å². The summed E-state index contributed by atoms with van der Waals surface area (Å²) in [5, 5.41) is 0. The molecule has 3 nitrogen and oxygen atoms in total. The Bertz CT molecular complexity index is 352. The van der Waals surface area contributed by atoms with E-state index >= 15 is 0 Å². The Morgan fingerprint density at radius 3 is 2.65 bits per heavy atom. The van der Waals surface area contributed by atoms with E-state index in [0.717, 1.165) is 25.3 Å². The molecule has 0 spiro atoms. The minimum Gasteiger partial charge on any atom is -0.496 e. The summed E-state index contributed by atoms with van der Waals surface area (Å²) in [5.74, 6) is 1.56. The fourth-order valence-electron chi connectivity index (χ4n) is 2.05. The minimum atomic E-state index is 0.618. The molecule has 0 saturated heterocycles. The van der Waals surface area contributed by atoms with Crippen LogP contribution in [0.15, 0.2) is 18.2 Å². The molecule has 96 valence electrons. The van der Waals surface area contributed by atoms with Gasteiger partial charge < -0.3 is 15.4 Å². The third kappa shape index (κ3) is 3.93. The summed E-state index contributed by atoms with van der Waals surface area (Å²) in [6, 6.07) is 6.28. The van der Waals surface area contributed by atoms with Gasteiger partial charge in [-0.1, -0.05) is 6.92 Å². The molecule has 1 aromatic carbocycles. The van der Waals surface area contributed by atoms with Gasteiger partial charge in [-0.3, -0.25) is 0 Å². The molecule has 0 bridgehead atoms. The Hall–Kier alpha value is -1.22. The van der Waals surface area contributed by atoms with E-state index in [1.54, 1.807) is 7.11 Å². The van der Waals surface area contributed by atoms with Gasteiger partial charge in [0.2, 0.25) is 0 Å². The maximum atomic E-state index is 5.57. The van der Waals surface area contributed by atoms with E-state index in [1.807, 2.05) is 6.07 Å². The summed E-state index contributed by atoms with van der Waals surface area (Å²) >= 11 is 0. The minimum absolute atomic E-state index is 0.618. The number of hydrogen-bond acceptors (Lipinski definition) is 3. The summed E-state index contributed by atoms with van der Waals surface area (Å²) in [6.07, 6.45) is 1.07. The van der Waals surface area contributed by atoms with Crippen LogP contribution in [0.1, 0.15) is 18.9 Å². The van der Waals surface area contributed by atoms with Crippen LogP contribution in [0.2, 0.25) is 0 Å². The first-order chi connectivity index (χ1) is 8.08. The van der Waals surface area contributed by atoms with E-state index in [0.29, 0.717) is 5.92 Å². The first kappa shape index (κ1) is 13.8. The van der Waals surface area contributed by atoms with Crippen LogP contribution >= 0.6 is 0 Å². The largest absolute Gasteiger partial charge is 0.496 e. The highest BCUT2D eigenvalue weighted by Crippen LogP contribution is 2.24. The lowest BCUT2D eigenvalue weighted by Crippen LogP contribution is -2.25. The molecule has 3 heteroatoms. The number of nitrogens with zero attached hydrogens (tertiary/aromatic N) is 1. The molecule has 0 aliphatic rings. The van der Waals surface area contributed by atoms with E-state index < -0.39 is 0 Å². The third-order valence-electron chi connectivity index (χ3n) is 3.06. The number of hydrogen-bond donors (Lipinski definition) is 1. The summed E-state index contributed by atoms with van der Waals surface area (Å²) in [5.41, 5.74) is 7.97. The van der Waals surface area contributed by atoms with Gasteiger partial charge >= 0.3 is 0 Å². The van der Waals surface area contributed by atoms with Crippen molar-refractivity contribution in [3.05, 3.63) is 23.8 Å². The van der Waals surface area contributed by atoms with Crippen molar-refractivity contribution in [2.45, 2.75) is 20.3 Å². The van der Waals surface area contributed by atoms with Crippen molar-refractivity contribution in [1.29, 1.82) is 0 Å². The van der Waals surface area contributed by atoms with Crippen molar-refractivity contribution in [3.63, 3.8) is 0 Å². The SMILES string of the molecule is COc1ccc(N(C)CC(C)CCN)cc1C. The first-order valence-electron chi connectivity index (χ1n) is 6.14. The van der Waals surface area contributed by atoms with Gasteiger partial charge in [0.15, 0.2) is 0 Å². The Morgan fingerprint density at radius 1 is 1.41 bits per heavy atom. The average Bonchev–Trinajstić information content (AvgIpc) is 2.29. The summed E-state index contributed by atoms with van der Waals surface area (Å²) in [7, 11) is 3.82. The Balaban J connectivity index is 2.69.